The number of halogens is 3. The van der Waals surface area contributed by atoms with E-state index in [2.05, 4.69) is 14.0 Å². The van der Waals surface area contributed by atoms with Gasteiger partial charge in [-0.2, -0.15) is 13.2 Å². The Bertz CT molecular complexity index is 439. The van der Waals surface area contributed by atoms with E-state index in [-0.39, 0.29) is 0 Å². The van der Waals surface area contributed by atoms with Crippen molar-refractivity contribution in [2.75, 3.05) is 26.7 Å². The SMILES string of the molecule is CCCCCC[N+]1(C)CCC(=O)CC1.O=S(=O)([O-])C(F)(F)F. The summed E-state index contributed by atoms with van der Waals surface area (Å²) in [6.07, 6.45) is 6.98. The highest BCUT2D eigenvalue weighted by atomic mass is 32.2. The summed E-state index contributed by atoms with van der Waals surface area (Å²) < 4.78 is 60.0. The van der Waals surface area contributed by atoms with Crippen molar-refractivity contribution in [3.8, 4) is 0 Å². The number of carbonyl (C=O) groups is 1. The van der Waals surface area contributed by atoms with Crippen LogP contribution in [0.3, 0.4) is 0 Å². The molecule has 1 heterocycles. The fourth-order valence-electron chi connectivity index (χ4n) is 2.17. The molecule has 1 fully saturated rings. The Labute approximate surface area is 129 Å². The van der Waals surface area contributed by atoms with Gasteiger partial charge in [-0.1, -0.05) is 19.8 Å². The van der Waals surface area contributed by atoms with Crippen LogP contribution in [0.15, 0.2) is 0 Å². The Hall–Kier alpha value is -0.670. The molecule has 0 saturated carbocycles. The Morgan fingerprint density at radius 3 is 1.95 bits per heavy atom. The van der Waals surface area contributed by atoms with Gasteiger partial charge in [-0.25, -0.2) is 8.42 Å². The summed E-state index contributed by atoms with van der Waals surface area (Å²) in [5, 5.41) is 0. The van der Waals surface area contributed by atoms with Crippen LogP contribution >= 0.6 is 0 Å². The van der Waals surface area contributed by atoms with E-state index in [9.17, 15) is 18.0 Å². The molecule has 22 heavy (non-hydrogen) atoms. The van der Waals surface area contributed by atoms with Gasteiger partial charge in [-0.15, -0.1) is 0 Å². The largest absolute Gasteiger partial charge is 0.741 e. The number of piperidine rings is 1. The summed E-state index contributed by atoms with van der Waals surface area (Å²) in [6.45, 7) is 5.67. The first-order chi connectivity index (χ1) is 9.91. The normalized spacial score (nSPS) is 18.5. The van der Waals surface area contributed by atoms with Crippen LogP contribution in [0.1, 0.15) is 45.4 Å². The van der Waals surface area contributed by atoms with Gasteiger partial charge in [0.15, 0.2) is 10.1 Å². The molecule has 0 aliphatic carbocycles. The third-order valence-electron chi connectivity index (χ3n) is 3.70. The maximum Gasteiger partial charge on any atom is 0.485 e. The van der Waals surface area contributed by atoms with Gasteiger partial charge >= 0.3 is 5.51 Å². The maximum absolute atomic E-state index is 11.1. The first kappa shape index (κ1) is 21.3. The van der Waals surface area contributed by atoms with Gasteiger partial charge in [0, 0.05) is 0 Å². The lowest BCUT2D eigenvalue weighted by Gasteiger charge is -2.37. The van der Waals surface area contributed by atoms with E-state index in [0.29, 0.717) is 5.78 Å². The maximum atomic E-state index is 11.1. The van der Waals surface area contributed by atoms with Crippen LogP contribution in [-0.4, -0.2) is 55.4 Å². The number of unbranched alkanes of at least 4 members (excludes halogenated alkanes) is 3. The summed E-state index contributed by atoms with van der Waals surface area (Å²) in [6, 6.07) is 0. The number of ketones is 1. The van der Waals surface area contributed by atoms with Crippen LogP contribution in [0.2, 0.25) is 0 Å². The zero-order chi connectivity index (χ0) is 17.4. The summed E-state index contributed by atoms with van der Waals surface area (Å²) in [4.78, 5) is 11.1. The molecule has 0 N–H and O–H groups in total. The molecule has 1 aliphatic heterocycles. The fourth-order valence-corrected chi connectivity index (χ4v) is 2.17. The van der Waals surface area contributed by atoms with Crippen molar-refractivity contribution < 1.29 is 35.4 Å². The number of quaternary nitrogens is 1. The number of alkyl halides is 3. The molecule has 132 valence electrons. The molecule has 0 bridgehead atoms. The van der Waals surface area contributed by atoms with Crippen LogP contribution < -0.4 is 0 Å². The Kier molecular flexibility index (Phi) is 8.56. The number of hydrogen-bond acceptors (Lipinski definition) is 4. The van der Waals surface area contributed by atoms with Crippen LogP contribution in [0, 0.1) is 0 Å². The minimum absolute atomic E-state index is 0.467. The lowest BCUT2D eigenvalue weighted by Crippen LogP contribution is -2.50. The summed E-state index contributed by atoms with van der Waals surface area (Å²) >= 11 is 0. The van der Waals surface area contributed by atoms with Crippen molar-refractivity contribution in [1.82, 2.24) is 0 Å². The lowest BCUT2D eigenvalue weighted by molar-refractivity contribution is -0.911. The number of rotatable bonds is 5. The summed E-state index contributed by atoms with van der Waals surface area (Å²) in [5.74, 6) is 0.467. The van der Waals surface area contributed by atoms with E-state index in [1.54, 1.807) is 0 Å². The molecule has 0 unspecified atom stereocenters. The number of hydrogen-bond donors (Lipinski definition) is 0. The third kappa shape index (κ3) is 8.70. The van der Waals surface area contributed by atoms with E-state index < -0.39 is 15.6 Å². The van der Waals surface area contributed by atoms with Gasteiger partial charge in [0.25, 0.3) is 0 Å². The van der Waals surface area contributed by atoms with Crippen LogP contribution in [0.25, 0.3) is 0 Å². The van der Waals surface area contributed by atoms with Gasteiger partial charge in [-0.3, -0.25) is 4.79 Å². The van der Waals surface area contributed by atoms with Crippen LogP contribution in [-0.2, 0) is 14.9 Å². The van der Waals surface area contributed by atoms with Crippen molar-refractivity contribution in [1.29, 1.82) is 0 Å². The highest BCUT2D eigenvalue weighted by Gasteiger charge is 2.36. The molecule has 0 aromatic rings. The van der Waals surface area contributed by atoms with E-state index in [4.69, 9.17) is 13.0 Å². The molecule has 0 aromatic carbocycles. The quantitative estimate of drug-likeness (QED) is 0.331. The first-order valence-corrected chi connectivity index (χ1v) is 8.69. The Morgan fingerprint density at radius 2 is 1.59 bits per heavy atom. The topological polar surface area (TPSA) is 74.3 Å². The number of carbonyl (C=O) groups excluding carboxylic acids is 1. The van der Waals surface area contributed by atoms with Gasteiger partial charge in [0.2, 0.25) is 0 Å². The standard InChI is InChI=1S/C12H24NO.CHF3O3S/c1-3-4-5-6-9-13(2)10-7-12(14)8-11-13;2-1(3,4)8(5,6)7/h3-11H2,1-2H3;(H,5,6,7)/q+1;/p-1. The first-order valence-electron chi connectivity index (χ1n) is 7.29. The summed E-state index contributed by atoms with van der Waals surface area (Å²) in [5.41, 5.74) is -5.65. The molecular weight excluding hydrogens is 323 g/mol. The highest BCUT2D eigenvalue weighted by molar-refractivity contribution is 7.86. The molecule has 1 rings (SSSR count). The fraction of sp³-hybridized carbons (Fsp3) is 0.923. The third-order valence-corrected chi connectivity index (χ3v) is 4.26. The second kappa shape index (κ2) is 8.83. The Balaban J connectivity index is 0.000000472. The van der Waals surface area contributed by atoms with Crippen molar-refractivity contribution in [3.05, 3.63) is 0 Å². The molecule has 0 atom stereocenters. The predicted octanol–water partition coefficient (Wildman–Crippen LogP) is 2.43. The van der Waals surface area contributed by atoms with Crippen LogP contribution in [0.5, 0.6) is 0 Å². The molecule has 0 radical (unpaired) electrons. The average Bonchev–Trinajstić information content (AvgIpc) is 2.37. The molecule has 0 amide bonds. The van der Waals surface area contributed by atoms with Gasteiger partial charge < -0.3 is 9.04 Å². The van der Waals surface area contributed by atoms with Crippen molar-refractivity contribution in [3.63, 3.8) is 0 Å². The second-order valence-electron chi connectivity index (χ2n) is 5.79. The van der Waals surface area contributed by atoms with E-state index >= 15 is 0 Å². The molecular formula is C13H24F3NO4S. The van der Waals surface area contributed by atoms with Crippen molar-refractivity contribution >= 4 is 15.9 Å². The van der Waals surface area contributed by atoms with Crippen molar-refractivity contribution in [2.24, 2.45) is 0 Å². The zero-order valence-electron chi connectivity index (χ0n) is 13.0. The van der Waals surface area contributed by atoms with Gasteiger partial charge in [-0.05, 0) is 12.8 Å². The Morgan fingerprint density at radius 1 is 1.14 bits per heavy atom. The van der Waals surface area contributed by atoms with E-state index in [1.165, 1.54) is 32.2 Å². The molecule has 1 saturated heterocycles. The second-order valence-corrected chi connectivity index (χ2v) is 7.16. The zero-order valence-corrected chi connectivity index (χ0v) is 13.8. The molecule has 0 aromatic heterocycles. The van der Waals surface area contributed by atoms with Crippen LogP contribution in [0.4, 0.5) is 13.2 Å². The lowest BCUT2D eigenvalue weighted by atomic mass is 10.1. The summed E-state index contributed by atoms with van der Waals surface area (Å²) in [7, 11) is -3.79. The molecule has 1 aliphatic rings. The minimum atomic E-state index is -6.09. The molecule has 0 spiro atoms. The average molecular weight is 347 g/mol. The molecule has 5 nitrogen and oxygen atoms in total. The van der Waals surface area contributed by atoms with Gasteiger partial charge in [0.1, 0.15) is 5.78 Å². The highest BCUT2D eigenvalue weighted by Crippen LogP contribution is 2.20. The number of likely N-dealkylation sites (tertiary alicyclic amines) is 1. The smallest absolute Gasteiger partial charge is 0.485 e. The molecule has 9 heteroatoms. The van der Waals surface area contributed by atoms with Gasteiger partial charge in [0.05, 0.1) is 39.5 Å². The number of nitrogens with zero attached hydrogens (tertiary/aromatic N) is 1. The predicted molar refractivity (Wildman–Crippen MR) is 74.9 cm³/mol. The van der Waals surface area contributed by atoms with E-state index in [1.807, 2.05) is 0 Å². The monoisotopic (exact) mass is 347 g/mol. The van der Waals surface area contributed by atoms with E-state index in [0.717, 1.165) is 30.4 Å². The minimum Gasteiger partial charge on any atom is -0.741 e. The number of Topliss-reactive ketones (excluding diaryl/α,β-unsaturated/α-hetero) is 1. The van der Waals surface area contributed by atoms with Crippen molar-refractivity contribution in [2.45, 2.75) is 51.0 Å².